The predicted octanol–water partition coefficient (Wildman–Crippen LogP) is 1.65. The molecule has 0 radical (unpaired) electrons. The minimum atomic E-state index is -6.07. The average molecular weight is 396 g/mol. The molecule has 0 aromatic heterocycles. The Labute approximate surface area is 140 Å². The highest BCUT2D eigenvalue weighted by molar-refractivity contribution is 7.87. The second kappa shape index (κ2) is 6.61. The molecule has 1 N–H and O–H groups in total. The zero-order valence-electron chi connectivity index (χ0n) is 12.9. The van der Waals surface area contributed by atoms with Crippen LogP contribution in [0.25, 0.3) is 0 Å². The zero-order valence-corrected chi connectivity index (χ0v) is 13.7. The van der Waals surface area contributed by atoms with Gasteiger partial charge < -0.3 is 9.47 Å². The van der Waals surface area contributed by atoms with Crippen LogP contribution in [0.1, 0.15) is 32.6 Å². The molecule has 2 fully saturated rings. The van der Waals surface area contributed by atoms with E-state index in [1.807, 2.05) is 0 Å². The molecule has 1 aliphatic heterocycles. The molecule has 1 heterocycles. The van der Waals surface area contributed by atoms with Crippen molar-refractivity contribution in [1.82, 2.24) is 0 Å². The normalized spacial score (nSPS) is 33.7. The van der Waals surface area contributed by atoms with E-state index in [0.29, 0.717) is 12.8 Å². The van der Waals surface area contributed by atoms with Gasteiger partial charge in [-0.1, -0.05) is 0 Å². The van der Waals surface area contributed by atoms with Crippen LogP contribution in [-0.2, 0) is 34.2 Å². The summed E-state index contributed by atoms with van der Waals surface area (Å²) in [6, 6.07) is 0. The Morgan fingerprint density at radius 2 is 1.96 bits per heavy atom. The van der Waals surface area contributed by atoms with Crippen molar-refractivity contribution in [1.29, 1.82) is 0 Å². The third-order valence-corrected chi connectivity index (χ3v) is 4.79. The smallest absolute Gasteiger partial charge is 0.451 e. The van der Waals surface area contributed by atoms with Crippen molar-refractivity contribution in [2.75, 3.05) is 6.61 Å². The number of alkyl halides is 4. The fourth-order valence-corrected chi connectivity index (χ4v) is 2.64. The Morgan fingerprint density at radius 3 is 2.56 bits per heavy atom. The van der Waals surface area contributed by atoms with Crippen LogP contribution in [0.5, 0.6) is 0 Å². The summed E-state index contributed by atoms with van der Waals surface area (Å²) >= 11 is 0. The summed E-state index contributed by atoms with van der Waals surface area (Å²) in [5, 5.41) is -5.23. The Balaban J connectivity index is 2.22. The molecule has 1 saturated heterocycles. The first-order valence-electron chi connectivity index (χ1n) is 7.24. The first-order chi connectivity index (χ1) is 11.3. The van der Waals surface area contributed by atoms with Crippen LogP contribution in [0, 0.1) is 0 Å². The molecule has 0 aromatic rings. The molecule has 2 aliphatic rings. The quantitative estimate of drug-likeness (QED) is 0.332. The Hall–Kier alpha value is -1.02. The van der Waals surface area contributed by atoms with Crippen LogP contribution in [0.3, 0.4) is 0 Å². The number of hydrogen-bond acceptors (Lipinski definition) is 7. The second-order valence-corrected chi connectivity index (χ2v) is 7.28. The van der Waals surface area contributed by atoms with Gasteiger partial charge in [0.15, 0.2) is 12.2 Å². The van der Waals surface area contributed by atoms with Crippen LogP contribution in [0.2, 0.25) is 0 Å². The van der Waals surface area contributed by atoms with Gasteiger partial charge >= 0.3 is 21.3 Å². The number of ether oxygens (including phenoxy) is 2. The molecule has 3 unspecified atom stereocenters. The van der Waals surface area contributed by atoms with Gasteiger partial charge in [-0.3, -0.25) is 4.55 Å². The Kier molecular flexibility index (Phi) is 5.37. The summed E-state index contributed by atoms with van der Waals surface area (Å²) in [6.45, 7) is -0.185. The molecule has 8 nitrogen and oxygen atoms in total. The van der Waals surface area contributed by atoms with Gasteiger partial charge in [-0.15, -0.1) is 0 Å². The fourth-order valence-electron chi connectivity index (χ4n) is 2.38. The molecule has 0 aromatic carbocycles. The minimum absolute atomic E-state index is 0.120. The van der Waals surface area contributed by atoms with Crippen molar-refractivity contribution >= 4 is 16.1 Å². The van der Waals surface area contributed by atoms with E-state index < -0.39 is 51.9 Å². The summed E-state index contributed by atoms with van der Waals surface area (Å²) in [5.41, 5.74) is 0. The van der Waals surface area contributed by atoms with Crippen molar-refractivity contribution in [2.24, 2.45) is 0 Å². The van der Waals surface area contributed by atoms with Crippen LogP contribution in [-0.4, -0.2) is 54.7 Å². The van der Waals surface area contributed by atoms with E-state index in [-0.39, 0.29) is 12.8 Å². The molecule has 2 rings (SSSR count). The van der Waals surface area contributed by atoms with Gasteiger partial charge in [0, 0.05) is 6.42 Å². The monoisotopic (exact) mass is 396 g/mol. The van der Waals surface area contributed by atoms with Gasteiger partial charge in [0.2, 0.25) is 5.79 Å². The molecular formula is C12H16F4O8S. The Morgan fingerprint density at radius 1 is 1.32 bits per heavy atom. The summed E-state index contributed by atoms with van der Waals surface area (Å²) in [6.07, 6.45) is -2.89. The lowest BCUT2D eigenvalue weighted by Crippen LogP contribution is -2.53. The highest BCUT2D eigenvalue weighted by atomic mass is 32.2. The molecule has 13 heteroatoms. The summed E-state index contributed by atoms with van der Waals surface area (Å²) in [7, 11) is -6.07. The lowest BCUT2D eigenvalue weighted by atomic mass is 9.91. The molecule has 25 heavy (non-hydrogen) atoms. The standard InChI is InChI=1S/C12H16F4O8S/c1-7-10(13,14)6-21-11(24-23-7)5-3-2-4-8(11)22-9(17)12(15,16)25(18,19)20/h7-8H,2-6H2,1H3,(H,18,19,20). The minimum Gasteiger partial charge on any atom is -0.451 e. The van der Waals surface area contributed by atoms with E-state index in [2.05, 4.69) is 9.62 Å². The molecule has 0 bridgehead atoms. The van der Waals surface area contributed by atoms with Crippen molar-refractivity contribution in [3.8, 4) is 0 Å². The van der Waals surface area contributed by atoms with Gasteiger partial charge in [0.05, 0.1) is 0 Å². The van der Waals surface area contributed by atoms with Crippen LogP contribution in [0.15, 0.2) is 0 Å². The lowest BCUT2D eigenvalue weighted by Gasteiger charge is -2.40. The number of halogens is 4. The van der Waals surface area contributed by atoms with Gasteiger partial charge in [0.25, 0.3) is 5.92 Å². The van der Waals surface area contributed by atoms with Crippen LogP contribution >= 0.6 is 0 Å². The van der Waals surface area contributed by atoms with Gasteiger partial charge in [-0.05, 0) is 26.2 Å². The summed E-state index contributed by atoms with van der Waals surface area (Å²) in [4.78, 5) is 20.9. The maximum atomic E-state index is 13.7. The van der Waals surface area contributed by atoms with Gasteiger partial charge in [0.1, 0.15) is 6.61 Å². The fraction of sp³-hybridized carbons (Fsp3) is 0.917. The highest BCUT2D eigenvalue weighted by Crippen LogP contribution is 2.41. The lowest BCUT2D eigenvalue weighted by molar-refractivity contribution is -0.453. The number of carbonyl (C=O) groups is 1. The number of carbonyl (C=O) groups excluding carboxylic acids is 1. The number of hydrogen-bond donors (Lipinski definition) is 1. The second-order valence-electron chi connectivity index (χ2n) is 5.81. The van der Waals surface area contributed by atoms with Gasteiger partial charge in [-0.25, -0.2) is 18.5 Å². The van der Waals surface area contributed by atoms with Crippen LogP contribution in [0.4, 0.5) is 17.6 Å². The van der Waals surface area contributed by atoms with Crippen molar-refractivity contribution in [3.05, 3.63) is 0 Å². The maximum Gasteiger partial charge on any atom is 0.465 e. The molecule has 1 spiro atoms. The van der Waals surface area contributed by atoms with E-state index >= 15 is 0 Å². The van der Waals surface area contributed by atoms with E-state index in [1.165, 1.54) is 0 Å². The number of esters is 1. The van der Waals surface area contributed by atoms with E-state index in [1.54, 1.807) is 0 Å². The van der Waals surface area contributed by atoms with Crippen molar-refractivity contribution < 1.29 is 54.6 Å². The highest BCUT2D eigenvalue weighted by Gasteiger charge is 2.59. The zero-order chi connectivity index (χ0) is 19.1. The molecule has 146 valence electrons. The van der Waals surface area contributed by atoms with Crippen molar-refractivity contribution in [3.63, 3.8) is 0 Å². The van der Waals surface area contributed by atoms with Gasteiger partial charge in [-0.2, -0.15) is 22.1 Å². The van der Waals surface area contributed by atoms with Crippen molar-refractivity contribution in [2.45, 2.75) is 61.8 Å². The van der Waals surface area contributed by atoms with E-state index in [9.17, 15) is 30.8 Å². The maximum absolute atomic E-state index is 13.7. The molecular weight excluding hydrogens is 380 g/mol. The number of rotatable bonds is 3. The largest absolute Gasteiger partial charge is 0.465 e. The van der Waals surface area contributed by atoms with Crippen LogP contribution < -0.4 is 0 Å². The third kappa shape index (κ3) is 3.89. The average Bonchev–Trinajstić information content (AvgIpc) is 2.61. The molecule has 1 aliphatic carbocycles. The first kappa shape index (κ1) is 20.3. The van der Waals surface area contributed by atoms with E-state index in [0.717, 1.165) is 6.92 Å². The summed E-state index contributed by atoms with van der Waals surface area (Å²) < 4.78 is 93.1. The topological polar surface area (TPSA) is 108 Å². The third-order valence-electron chi connectivity index (χ3n) is 3.98. The van der Waals surface area contributed by atoms with E-state index in [4.69, 9.17) is 14.2 Å². The molecule has 0 amide bonds. The SMILES string of the molecule is CC1OOC2(CCCCC2OC(=O)C(F)(F)S(=O)(=O)O)OCC1(F)F. The molecule has 1 saturated carbocycles. The first-order valence-corrected chi connectivity index (χ1v) is 8.68. The predicted molar refractivity (Wildman–Crippen MR) is 70.1 cm³/mol. The Bertz CT molecular complexity index is 625. The molecule has 3 atom stereocenters. The summed E-state index contributed by atoms with van der Waals surface area (Å²) in [5.74, 6) is -8.11.